The zero-order chi connectivity index (χ0) is 17.4. The van der Waals surface area contributed by atoms with Gasteiger partial charge >= 0.3 is 0 Å². The number of benzene rings is 2. The van der Waals surface area contributed by atoms with Crippen molar-refractivity contribution in [3.05, 3.63) is 54.1 Å². The van der Waals surface area contributed by atoms with Crippen LogP contribution in [0.2, 0.25) is 0 Å². The molecule has 5 nitrogen and oxygen atoms in total. The molecular formula is C19H20N4OS. The van der Waals surface area contributed by atoms with Gasteiger partial charge in [0.2, 0.25) is 0 Å². The number of aliphatic imine (C=N–C) groups is 1. The standard InChI is InChI=1S/C19H20N4OS/c1-12-11-25-17(20)23-19(12,2)13-6-5-7-14(10-13)21-18-22-15-8-3-4-9-16(15)24-18/h3-10,12H,11H2,1-2H3,(H2,20,23)(H,21,22)/t12-,19?/m1/s1. The molecule has 2 aromatic carbocycles. The number of hydrogen-bond acceptors (Lipinski definition) is 6. The lowest BCUT2D eigenvalue weighted by atomic mass is 9.82. The highest BCUT2D eigenvalue weighted by molar-refractivity contribution is 8.13. The lowest BCUT2D eigenvalue weighted by molar-refractivity contribution is 0.357. The molecule has 1 unspecified atom stereocenters. The van der Waals surface area contributed by atoms with Crippen LogP contribution in [0.5, 0.6) is 0 Å². The van der Waals surface area contributed by atoms with Gasteiger partial charge in [0, 0.05) is 11.4 Å². The van der Waals surface area contributed by atoms with Crippen molar-refractivity contribution in [1.82, 2.24) is 4.98 Å². The summed E-state index contributed by atoms with van der Waals surface area (Å²) in [6.07, 6.45) is 0. The normalized spacial score (nSPS) is 23.4. The molecular weight excluding hydrogens is 332 g/mol. The molecule has 6 heteroatoms. The summed E-state index contributed by atoms with van der Waals surface area (Å²) in [6.45, 7) is 4.35. The quantitative estimate of drug-likeness (QED) is 0.726. The van der Waals surface area contributed by atoms with E-state index in [1.54, 1.807) is 11.8 Å². The van der Waals surface area contributed by atoms with Crippen LogP contribution in [-0.4, -0.2) is 15.9 Å². The Morgan fingerprint density at radius 3 is 2.92 bits per heavy atom. The average Bonchev–Trinajstić information content (AvgIpc) is 3.01. The number of aromatic nitrogens is 1. The van der Waals surface area contributed by atoms with E-state index in [9.17, 15) is 0 Å². The molecule has 2 heterocycles. The number of oxazole rings is 1. The van der Waals surface area contributed by atoms with Gasteiger partial charge < -0.3 is 15.5 Å². The molecule has 0 saturated heterocycles. The number of fused-ring (bicyclic) bond motifs is 1. The first kappa shape index (κ1) is 16.0. The van der Waals surface area contributed by atoms with Crippen LogP contribution in [-0.2, 0) is 5.54 Å². The summed E-state index contributed by atoms with van der Waals surface area (Å²) in [5, 5.41) is 3.90. The molecule has 0 fully saturated rings. The first-order chi connectivity index (χ1) is 12.0. The van der Waals surface area contributed by atoms with Crippen LogP contribution in [0.15, 0.2) is 57.9 Å². The predicted molar refractivity (Wildman–Crippen MR) is 104 cm³/mol. The zero-order valence-corrected chi connectivity index (χ0v) is 15.0. The van der Waals surface area contributed by atoms with Crippen LogP contribution in [0.4, 0.5) is 11.7 Å². The summed E-state index contributed by atoms with van der Waals surface area (Å²) in [4.78, 5) is 9.20. The second kappa shape index (κ2) is 6.11. The van der Waals surface area contributed by atoms with Crippen molar-refractivity contribution in [2.75, 3.05) is 11.1 Å². The number of amidine groups is 1. The van der Waals surface area contributed by atoms with Crippen LogP contribution < -0.4 is 11.1 Å². The van der Waals surface area contributed by atoms with Crippen molar-refractivity contribution in [2.24, 2.45) is 16.6 Å². The number of thioether (sulfide) groups is 1. The fourth-order valence-corrected chi connectivity index (χ4v) is 4.05. The highest BCUT2D eigenvalue weighted by Crippen LogP contribution is 2.40. The summed E-state index contributed by atoms with van der Waals surface area (Å²) < 4.78 is 5.75. The molecule has 128 valence electrons. The van der Waals surface area contributed by atoms with Gasteiger partial charge in [-0.3, -0.25) is 4.99 Å². The Labute approximate surface area is 150 Å². The number of nitrogens with zero attached hydrogens (tertiary/aromatic N) is 2. The lowest BCUT2D eigenvalue weighted by Crippen LogP contribution is -2.36. The third-order valence-electron chi connectivity index (χ3n) is 4.78. The topological polar surface area (TPSA) is 76.4 Å². The summed E-state index contributed by atoms with van der Waals surface area (Å²) in [7, 11) is 0. The van der Waals surface area contributed by atoms with E-state index in [1.165, 1.54) is 0 Å². The van der Waals surface area contributed by atoms with Crippen molar-refractivity contribution in [1.29, 1.82) is 0 Å². The van der Waals surface area contributed by atoms with Crippen molar-refractivity contribution < 1.29 is 4.42 Å². The number of nitrogens with one attached hydrogen (secondary N) is 1. The van der Waals surface area contributed by atoms with E-state index in [0.717, 1.165) is 28.1 Å². The average molecular weight is 352 g/mol. The third kappa shape index (κ3) is 2.98. The molecule has 0 aliphatic carbocycles. The second-order valence-electron chi connectivity index (χ2n) is 6.50. The molecule has 1 aromatic heterocycles. The summed E-state index contributed by atoms with van der Waals surface area (Å²) in [5.74, 6) is 1.36. The Morgan fingerprint density at radius 2 is 2.08 bits per heavy atom. The van der Waals surface area contributed by atoms with Gasteiger partial charge in [-0.2, -0.15) is 4.98 Å². The molecule has 0 saturated carbocycles. The number of nitrogens with two attached hydrogens (primary N) is 1. The van der Waals surface area contributed by atoms with E-state index in [-0.39, 0.29) is 5.54 Å². The molecule has 0 radical (unpaired) electrons. The molecule has 0 spiro atoms. The fourth-order valence-electron chi connectivity index (χ4n) is 3.05. The van der Waals surface area contributed by atoms with Gasteiger partial charge in [-0.05, 0) is 42.7 Å². The van der Waals surface area contributed by atoms with Crippen LogP contribution in [0.1, 0.15) is 19.4 Å². The highest BCUT2D eigenvalue weighted by Gasteiger charge is 2.36. The van der Waals surface area contributed by atoms with Crippen molar-refractivity contribution in [3.8, 4) is 0 Å². The predicted octanol–water partition coefficient (Wildman–Crippen LogP) is 4.48. The van der Waals surface area contributed by atoms with Crippen LogP contribution in [0, 0.1) is 5.92 Å². The molecule has 3 N–H and O–H groups in total. The van der Waals surface area contributed by atoms with Gasteiger partial charge in [0.25, 0.3) is 6.01 Å². The van der Waals surface area contributed by atoms with E-state index in [1.807, 2.05) is 36.4 Å². The molecule has 3 aromatic rings. The maximum absolute atomic E-state index is 5.99. The van der Waals surface area contributed by atoms with Crippen molar-refractivity contribution in [2.45, 2.75) is 19.4 Å². The van der Waals surface area contributed by atoms with Crippen LogP contribution >= 0.6 is 11.8 Å². The highest BCUT2D eigenvalue weighted by atomic mass is 32.2. The maximum atomic E-state index is 5.99. The molecule has 1 aliphatic rings. The molecule has 4 rings (SSSR count). The molecule has 1 aliphatic heterocycles. The third-order valence-corrected chi connectivity index (χ3v) is 5.83. The molecule has 0 amide bonds. The Balaban J connectivity index is 1.66. The first-order valence-electron chi connectivity index (χ1n) is 8.26. The fraction of sp³-hybridized carbons (Fsp3) is 0.263. The number of hydrogen-bond donors (Lipinski definition) is 2. The zero-order valence-electron chi connectivity index (χ0n) is 14.2. The second-order valence-corrected chi connectivity index (χ2v) is 7.54. The monoisotopic (exact) mass is 352 g/mol. The number of para-hydroxylation sites is 2. The van der Waals surface area contributed by atoms with Gasteiger partial charge in [-0.1, -0.05) is 43.0 Å². The smallest absolute Gasteiger partial charge is 0.300 e. The Hall–Kier alpha value is -2.47. The molecule has 2 atom stereocenters. The van der Waals surface area contributed by atoms with E-state index >= 15 is 0 Å². The summed E-state index contributed by atoms with van der Waals surface area (Å²) in [6, 6.07) is 16.4. The van der Waals surface area contributed by atoms with E-state index in [0.29, 0.717) is 17.1 Å². The first-order valence-corrected chi connectivity index (χ1v) is 9.24. The summed E-state index contributed by atoms with van der Waals surface area (Å²) >= 11 is 1.62. The molecule has 0 bridgehead atoms. The van der Waals surface area contributed by atoms with E-state index in [2.05, 4.69) is 36.3 Å². The van der Waals surface area contributed by atoms with Gasteiger partial charge in [-0.25, -0.2) is 0 Å². The van der Waals surface area contributed by atoms with Crippen molar-refractivity contribution >= 4 is 39.7 Å². The van der Waals surface area contributed by atoms with Crippen LogP contribution in [0.3, 0.4) is 0 Å². The lowest BCUT2D eigenvalue weighted by Gasteiger charge is -2.36. The maximum Gasteiger partial charge on any atom is 0.300 e. The summed E-state index contributed by atoms with van der Waals surface area (Å²) in [5.41, 5.74) is 9.32. The molecule has 25 heavy (non-hydrogen) atoms. The van der Waals surface area contributed by atoms with Gasteiger partial charge in [0.1, 0.15) is 5.52 Å². The van der Waals surface area contributed by atoms with Gasteiger partial charge in [0.15, 0.2) is 10.8 Å². The van der Waals surface area contributed by atoms with Gasteiger partial charge in [-0.15, -0.1) is 0 Å². The minimum absolute atomic E-state index is 0.325. The Morgan fingerprint density at radius 1 is 1.24 bits per heavy atom. The largest absolute Gasteiger partial charge is 0.423 e. The number of rotatable bonds is 3. The SMILES string of the molecule is C[C@@H]1CSC(N)=NC1(C)c1cccc(Nc2nc3ccccc3o2)c1. The van der Waals surface area contributed by atoms with E-state index < -0.39 is 0 Å². The van der Waals surface area contributed by atoms with Crippen LogP contribution in [0.25, 0.3) is 11.1 Å². The van der Waals surface area contributed by atoms with Gasteiger partial charge in [0.05, 0.1) is 5.54 Å². The van der Waals surface area contributed by atoms with E-state index in [4.69, 9.17) is 15.1 Å². The number of anilines is 2. The minimum atomic E-state index is -0.325. The van der Waals surface area contributed by atoms with Crippen molar-refractivity contribution in [3.63, 3.8) is 0 Å². The Kier molecular flexibility index (Phi) is 3.92. The Bertz CT molecular complexity index is 918. The minimum Gasteiger partial charge on any atom is -0.423 e.